The summed E-state index contributed by atoms with van der Waals surface area (Å²) in [6.45, 7) is 5.90. The Balaban J connectivity index is 1.97. The van der Waals surface area contributed by atoms with Crippen LogP contribution in [-0.4, -0.2) is 23.9 Å². The van der Waals surface area contributed by atoms with Gasteiger partial charge in [0, 0.05) is 17.8 Å². The SMILES string of the molecule is CC(C)CC(CN)CC(=O)N1CCCC1c1cccs1. The van der Waals surface area contributed by atoms with Crippen LogP contribution in [0.15, 0.2) is 17.5 Å². The fourth-order valence-corrected chi connectivity index (χ4v) is 4.01. The van der Waals surface area contributed by atoms with Crippen LogP contribution in [0.1, 0.15) is 50.4 Å². The van der Waals surface area contributed by atoms with Crippen LogP contribution >= 0.6 is 11.3 Å². The first kappa shape index (κ1) is 15.5. The van der Waals surface area contributed by atoms with Crippen molar-refractivity contribution in [2.45, 2.75) is 45.6 Å². The topological polar surface area (TPSA) is 46.3 Å². The summed E-state index contributed by atoms with van der Waals surface area (Å²) in [4.78, 5) is 16.0. The van der Waals surface area contributed by atoms with Gasteiger partial charge in [-0.15, -0.1) is 11.3 Å². The van der Waals surface area contributed by atoms with Gasteiger partial charge in [0.2, 0.25) is 5.91 Å². The van der Waals surface area contributed by atoms with Gasteiger partial charge in [-0.2, -0.15) is 0 Å². The van der Waals surface area contributed by atoms with Gasteiger partial charge in [0.1, 0.15) is 0 Å². The Morgan fingerprint density at radius 1 is 1.55 bits per heavy atom. The van der Waals surface area contributed by atoms with Crippen molar-refractivity contribution in [1.29, 1.82) is 0 Å². The number of nitrogens with zero attached hydrogens (tertiary/aromatic N) is 1. The molecule has 0 saturated carbocycles. The fourth-order valence-electron chi connectivity index (χ4n) is 3.14. The molecule has 0 spiro atoms. The Bertz CT molecular complexity index is 416. The molecule has 0 bridgehead atoms. The number of likely N-dealkylation sites (tertiary alicyclic amines) is 1. The lowest BCUT2D eigenvalue weighted by molar-refractivity contribution is -0.133. The molecule has 2 unspecified atom stereocenters. The van der Waals surface area contributed by atoms with E-state index in [1.165, 1.54) is 4.88 Å². The summed E-state index contributed by atoms with van der Waals surface area (Å²) in [6, 6.07) is 4.53. The molecule has 0 aliphatic carbocycles. The van der Waals surface area contributed by atoms with E-state index in [9.17, 15) is 4.79 Å². The van der Waals surface area contributed by atoms with Crippen molar-refractivity contribution < 1.29 is 4.79 Å². The fraction of sp³-hybridized carbons (Fsp3) is 0.688. The Hall–Kier alpha value is -0.870. The molecule has 1 aromatic heterocycles. The van der Waals surface area contributed by atoms with Gasteiger partial charge >= 0.3 is 0 Å². The number of thiophene rings is 1. The van der Waals surface area contributed by atoms with Gasteiger partial charge in [0.15, 0.2) is 0 Å². The van der Waals surface area contributed by atoms with Gasteiger partial charge < -0.3 is 10.6 Å². The summed E-state index contributed by atoms with van der Waals surface area (Å²) in [5.74, 6) is 1.21. The molecular formula is C16H26N2OS. The van der Waals surface area contributed by atoms with E-state index in [4.69, 9.17) is 5.73 Å². The molecule has 112 valence electrons. The minimum Gasteiger partial charge on any atom is -0.335 e. The van der Waals surface area contributed by atoms with Gasteiger partial charge in [-0.25, -0.2) is 0 Å². The molecule has 2 heterocycles. The number of hydrogen-bond acceptors (Lipinski definition) is 3. The molecule has 1 amide bonds. The van der Waals surface area contributed by atoms with Crippen molar-refractivity contribution in [2.24, 2.45) is 17.6 Å². The Morgan fingerprint density at radius 3 is 2.95 bits per heavy atom. The smallest absolute Gasteiger partial charge is 0.223 e. The molecule has 1 aliphatic rings. The Kier molecular flexibility index (Phi) is 5.61. The van der Waals surface area contributed by atoms with E-state index in [1.54, 1.807) is 11.3 Å². The van der Waals surface area contributed by atoms with Gasteiger partial charge in [-0.1, -0.05) is 19.9 Å². The van der Waals surface area contributed by atoms with Crippen LogP contribution in [0.3, 0.4) is 0 Å². The molecule has 2 N–H and O–H groups in total. The van der Waals surface area contributed by atoms with Crippen LogP contribution in [0.4, 0.5) is 0 Å². The molecular weight excluding hydrogens is 268 g/mol. The monoisotopic (exact) mass is 294 g/mol. The number of hydrogen-bond donors (Lipinski definition) is 1. The summed E-state index contributed by atoms with van der Waals surface area (Å²) < 4.78 is 0. The molecule has 1 aliphatic heterocycles. The molecule has 1 fully saturated rings. The Labute approximate surface area is 126 Å². The highest BCUT2D eigenvalue weighted by Crippen LogP contribution is 2.35. The number of nitrogens with two attached hydrogens (primary N) is 1. The maximum absolute atomic E-state index is 12.6. The summed E-state index contributed by atoms with van der Waals surface area (Å²) in [7, 11) is 0. The molecule has 2 atom stereocenters. The zero-order chi connectivity index (χ0) is 14.5. The minimum atomic E-state index is 0.289. The minimum absolute atomic E-state index is 0.289. The summed E-state index contributed by atoms with van der Waals surface area (Å²) in [5.41, 5.74) is 5.83. The average Bonchev–Trinajstić information content (AvgIpc) is 3.07. The van der Waals surface area contributed by atoms with Crippen molar-refractivity contribution in [2.75, 3.05) is 13.1 Å². The van der Waals surface area contributed by atoms with Crippen LogP contribution in [0.25, 0.3) is 0 Å². The molecule has 4 heteroatoms. The summed E-state index contributed by atoms with van der Waals surface area (Å²) in [6.07, 6.45) is 3.87. The number of carbonyl (C=O) groups is 1. The molecule has 20 heavy (non-hydrogen) atoms. The second-order valence-electron chi connectivity index (χ2n) is 6.20. The third-order valence-corrected chi connectivity index (χ3v) is 5.02. The van der Waals surface area contributed by atoms with Crippen molar-refractivity contribution in [3.63, 3.8) is 0 Å². The lowest BCUT2D eigenvalue weighted by Gasteiger charge is -2.26. The van der Waals surface area contributed by atoms with Gasteiger partial charge in [0.25, 0.3) is 0 Å². The van der Waals surface area contributed by atoms with Crippen molar-refractivity contribution in [3.05, 3.63) is 22.4 Å². The van der Waals surface area contributed by atoms with E-state index < -0.39 is 0 Å². The highest BCUT2D eigenvalue weighted by molar-refractivity contribution is 7.10. The van der Waals surface area contributed by atoms with E-state index in [2.05, 4.69) is 36.3 Å². The first-order valence-electron chi connectivity index (χ1n) is 7.64. The maximum atomic E-state index is 12.6. The van der Waals surface area contributed by atoms with E-state index in [0.29, 0.717) is 30.8 Å². The molecule has 2 rings (SSSR count). The first-order valence-corrected chi connectivity index (χ1v) is 8.52. The maximum Gasteiger partial charge on any atom is 0.223 e. The molecule has 3 nitrogen and oxygen atoms in total. The molecule has 1 aromatic rings. The number of rotatable bonds is 6. The predicted molar refractivity (Wildman–Crippen MR) is 84.6 cm³/mol. The summed E-state index contributed by atoms with van der Waals surface area (Å²) in [5, 5.41) is 2.09. The van der Waals surface area contributed by atoms with Gasteiger partial charge in [-0.3, -0.25) is 4.79 Å². The normalized spacial score (nSPS) is 20.6. The second kappa shape index (κ2) is 7.23. The van der Waals surface area contributed by atoms with Crippen molar-refractivity contribution in [1.82, 2.24) is 4.90 Å². The zero-order valence-electron chi connectivity index (χ0n) is 12.5. The number of amides is 1. The van der Waals surface area contributed by atoms with Crippen LogP contribution in [0, 0.1) is 11.8 Å². The predicted octanol–water partition coefficient (Wildman–Crippen LogP) is 3.42. The Morgan fingerprint density at radius 2 is 2.35 bits per heavy atom. The first-order chi connectivity index (χ1) is 9.61. The lowest BCUT2D eigenvalue weighted by Crippen LogP contribution is -2.33. The van der Waals surface area contributed by atoms with Crippen molar-refractivity contribution >= 4 is 17.2 Å². The zero-order valence-corrected chi connectivity index (χ0v) is 13.4. The highest BCUT2D eigenvalue weighted by Gasteiger charge is 2.31. The van der Waals surface area contributed by atoms with Gasteiger partial charge in [-0.05, 0) is 49.1 Å². The van der Waals surface area contributed by atoms with E-state index >= 15 is 0 Å². The van der Waals surface area contributed by atoms with E-state index in [-0.39, 0.29) is 5.91 Å². The largest absolute Gasteiger partial charge is 0.335 e. The average molecular weight is 294 g/mol. The van der Waals surface area contributed by atoms with Crippen LogP contribution < -0.4 is 5.73 Å². The van der Waals surface area contributed by atoms with Crippen LogP contribution in [0.5, 0.6) is 0 Å². The number of carbonyl (C=O) groups excluding carboxylic acids is 1. The molecule has 1 saturated heterocycles. The molecule has 0 radical (unpaired) electrons. The standard InChI is InChI=1S/C16H26N2OS/c1-12(2)9-13(11-17)10-16(19)18-7-3-5-14(18)15-6-4-8-20-15/h4,6,8,12-14H,3,5,7,9-11,17H2,1-2H3. The highest BCUT2D eigenvalue weighted by atomic mass is 32.1. The van der Waals surface area contributed by atoms with E-state index in [0.717, 1.165) is 25.8 Å². The van der Waals surface area contributed by atoms with Crippen LogP contribution in [-0.2, 0) is 4.79 Å². The van der Waals surface area contributed by atoms with Crippen LogP contribution in [0.2, 0.25) is 0 Å². The van der Waals surface area contributed by atoms with Gasteiger partial charge in [0.05, 0.1) is 6.04 Å². The second-order valence-corrected chi connectivity index (χ2v) is 7.18. The molecule has 0 aromatic carbocycles. The summed E-state index contributed by atoms with van der Waals surface area (Å²) >= 11 is 1.76. The quantitative estimate of drug-likeness (QED) is 0.874. The van der Waals surface area contributed by atoms with Crippen molar-refractivity contribution in [3.8, 4) is 0 Å². The third-order valence-electron chi connectivity index (χ3n) is 4.05. The van der Waals surface area contributed by atoms with E-state index in [1.807, 2.05) is 0 Å². The third kappa shape index (κ3) is 3.83. The lowest BCUT2D eigenvalue weighted by atomic mass is 9.93.